The molecule has 0 heterocycles. The topological polar surface area (TPSA) is 30.5 Å². The van der Waals surface area contributed by atoms with Crippen LogP contribution in [0.25, 0.3) is 0 Å². The van der Waals surface area contributed by atoms with E-state index in [4.69, 9.17) is 9.47 Å². The van der Waals surface area contributed by atoms with Gasteiger partial charge in [-0.25, -0.2) is 0 Å². The summed E-state index contributed by atoms with van der Waals surface area (Å²) >= 11 is 0. The number of hydrogen-bond donors (Lipinski definition) is 1. The van der Waals surface area contributed by atoms with Crippen molar-refractivity contribution >= 4 is 0 Å². The third-order valence-corrected chi connectivity index (χ3v) is 5.44. The van der Waals surface area contributed by atoms with E-state index in [1.165, 1.54) is 24.8 Å². The van der Waals surface area contributed by atoms with Crippen LogP contribution < -0.4 is 14.8 Å². The van der Waals surface area contributed by atoms with E-state index in [2.05, 4.69) is 38.2 Å². The summed E-state index contributed by atoms with van der Waals surface area (Å²) in [5, 5.41) is 3.67. The third-order valence-electron chi connectivity index (χ3n) is 5.44. The molecule has 0 aromatic heterocycles. The molecule has 0 saturated heterocycles. The molecular weight excluding hydrogens is 262 g/mol. The van der Waals surface area contributed by atoms with Gasteiger partial charge < -0.3 is 14.8 Å². The molecule has 1 aliphatic rings. The molecule has 1 aliphatic carbocycles. The van der Waals surface area contributed by atoms with Crippen molar-refractivity contribution in [3.05, 3.63) is 23.8 Å². The minimum atomic E-state index is 0.345. The van der Waals surface area contributed by atoms with Crippen molar-refractivity contribution in [3.63, 3.8) is 0 Å². The number of nitrogens with one attached hydrogen (secondary N) is 1. The zero-order valence-corrected chi connectivity index (χ0v) is 14.0. The number of rotatable bonds is 7. The molecule has 0 radical (unpaired) electrons. The Bertz CT molecular complexity index is 468. The molecule has 118 valence electrons. The van der Waals surface area contributed by atoms with Gasteiger partial charge in [-0.2, -0.15) is 0 Å². The van der Waals surface area contributed by atoms with Crippen LogP contribution in [0.5, 0.6) is 11.5 Å². The quantitative estimate of drug-likeness (QED) is 0.824. The molecule has 0 aliphatic heterocycles. The number of hydrogen-bond acceptors (Lipinski definition) is 3. The van der Waals surface area contributed by atoms with Gasteiger partial charge in [0.05, 0.1) is 14.2 Å². The molecule has 1 fully saturated rings. The summed E-state index contributed by atoms with van der Waals surface area (Å²) in [6.07, 6.45) is 3.58. The van der Waals surface area contributed by atoms with Gasteiger partial charge >= 0.3 is 0 Å². The van der Waals surface area contributed by atoms with Crippen LogP contribution in [0.4, 0.5) is 0 Å². The van der Waals surface area contributed by atoms with Crippen molar-refractivity contribution < 1.29 is 9.47 Å². The Labute approximate surface area is 129 Å². The first-order chi connectivity index (χ1) is 10.2. The summed E-state index contributed by atoms with van der Waals surface area (Å²) in [4.78, 5) is 0. The Morgan fingerprint density at radius 2 is 1.86 bits per heavy atom. The van der Waals surface area contributed by atoms with Crippen molar-refractivity contribution in [3.8, 4) is 11.5 Å². The fourth-order valence-corrected chi connectivity index (χ4v) is 4.10. The second kappa shape index (κ2) is 6.69. The molecule has 0 spiro atoms. The molecule has 1 saturated carbocycles. The highest BCUT2D eigenvalue weighted by Gasteiger charge is 2.53. The Morgan fingerprint density at radius 1 is 1.14 bits per heavy atom. The number of ether oxygens (including phenoxy) is 2. The highest BCUT2D eigenvalue weighted by molar-refractivity contribution is 5.45. The first-order valence-corrected chi connectivity index (χ1v) is 8.12. The Kier molecular flexibility index (Phi) is 5.15. The summed E-state index contributed by atoms with van der Waals surface area (Å²) < 4.78 is 10.9. The highest BCUT2D eigenvalue weighted by atomic mass is 16.5. The van der Waals surface area contributed by atoms with E-state index in [9.17, 15) is 0 Å². The summed E-state index contributed by atoms with van der Waals surface area (Å²) in [5.74, 6) is 2.38. The maximum absolute atomic E-state index is 5.62. The number of methoxy groups -OCH3 is 2. The second-order valence-electron chi connectivity index (χ2n) is 5.95. The van der Waals surface area contributed by atoms with Crippen LogP contribution in [-0.4, -0.2) is 26.8 Å². The zero-order chi connectivity index (χ0) is 15.5. The van der Waals surface area contributed by atoms with Crippen LogP contribution in [0.3, 0.4) is 0 Å². The first-order valence-electron chi connectivity index (χ1n) is 8.12. The summed E-state index contributed by atoms with van der Waals surface area (Å²) in [7, 11) is 3.44. The van der Waals surface area contributed by atoms with Gasteiger partial charge in [-0.1, -0.05) is 26.8 Å². The summed E-state index contributed by atoms with van der Waals surface area (Å²) in [5.41, 5.74) is 1.67. The molecule has 0 bridgehead atoms. The van der Waals surface area contributed by atoms with Gasteiger partial charge in [0.25, 0.3) is 0 Å². The Balaban J connectivity index is 2.33. The standard InChI is InChI=1S/C18H29NO2/c1-6-18(7-2)15(12-17(18)19-8-3)14-10-9-13(20-4)11-16(14)21-5/h9-11,15,17,19H,6-8,12H2,1-5H3. The highest BCUT2D eigenvalue weighted by Crippen LogP contribution is 2.58. The molecule has 2 unspecified atom stereocenters. The Morgan fingerprint density at radius 3 is 2.38 bits per heavy atom. The van der Waals surface area contributed by atoms with Crippen LogP contribution >= 0.6 is 0 Å². The van der Waals surface area contributed by atoms with E-state index >= 15 is 0 Å². The summed E-state index contributed by atoms with van der Waals surface area (Å²) in [6, 6.07) is 6.86. The Hall–Kier alpha value is -1.22. The molecule has 1 aromatic carbocycles. The van der Waals surface area contributed by atoms with Crippen molar-refractivity contribution in [2.45, 2.75) is 52.0 Å². The van der Waals surface area contributed by atoms with Gasteiger partial charge in [0.2, 0.25) is 0 Å². The van der Waals surface area contributed by atoms with E-state index in [-0.39, 0.29) is 0 Å². The van der Waals surface area contributed by atoms with Gasteiger partial charge in [0, 0.05) is 12.1 Å². The maximum Gasteiger partial charge on any atom is 0.126 e. The lowest BCUT2D eigenvalue weighted by atomic mass is 9.51. The molecule has 1 aromatic rings. The van der Waals surface area contributed by atoms with Gasteiger partial charge in [0.15, 0.2) is 0 Å². The molecule has 3 heteroatoms. The number of benzene rings is 1. The lowest BCUT2D eigenvalue weighted by Gasteiger charge is -2.57. The lowest BCUT2D eigenvalue weighted by Crippen LogP contribution is -2.58. The maximum atomic E-state index is 5.62. The molecule has 21 heavy (non-hydrogen) atoms. The van der Waals surface area contributed by atoms with Crippen molar-refractivity contribution in [1.29, 1.82) is 0 Å². The average molecular weight is 291 g/mol. The van der Waals surface area contributed by atoms with Crippen LogP contribution in [0, 0.1) is 5.41 Å². The smallest absolute Gasteiger partial charge is 0.126 e. The van der Waals surface area contributed by atoms with E-state index in [0.717, 1.165) is 18.0 Å². The van der Waals surface area contributed by atoms with Crippen LogP contribution in [-0.2, 0) is 0 Å². The zero-order valence-electron chi connectivity index (χ0n) is 14.0. The lowest BCUT2D eigenvalue weighted by molar-refractivity contribution is 0.0198. The van der Waals surface area contributed by atoms with Gasteiger partial charge in [-0.05, 0) is 48.8 Å². The normalized spacial score (nSPS) is 23.5. The van der Waals surface area contributed by atoms with Crippen LogP contribution in [0.1, 0.15) is 51.5 Å². The van der Waals surface area contributed by atoms with E-state index in [0.29, 0.717) is 17.4 Å². The second-order valence-corrected chi connectivity index (χ2v) is 5.95. The minimum Gasteiger partial charge on any atom is -0.497 e. The first kappa shape index (κ1) is 16.2. The molecule has 3 nitrogen and oxygen atoms in total. The molecule has 1 N–H and O–H groups in total. The molecule has 2 atom stereocenters. The van der Waals surface area contributed by atoms with Gasteiger partial charge in [-0.3, -0.25) is 0 Å². The summed E-state index contributed by atoms with van der Waals surface area (Å²) in [6.45, 7) is 7.86. The molecule has 2 rings (SSSR count). The third kappa shape index (κ3) is 2.64. The van der Waals surface area contributed by atoms with Gasteiger partial charge in [-0.15, -0.1) is 0 Å². The fourth-order valence-electron chi connectivity index (χ4n) is 4.10. The predicted octanol–water partition coefficient (Wildman–Crippen LogP) is 3.98. The van der Waals surface area contributed by atoms with Crippen molar-refractivity contribution in [2.75, 3.05) is 20.8 Å². The van der Waals surface area contributed by atoms with Crippen molar-refractivity contribution in [1.82, 2.24) is 5.32 Å². The average Bonchev–Trinajstić information content (AvgIpc) is 2.52. The van der Waals surface area contributed by atoms with E-state index < -0.39 is 0 Å². The van der Waals surface area contributed by atoms with Gasteiger partial charge in [0.1, 0.15) is 11.5 Å². The molecular formula is C18H29NO2. The minimum absolute atomic E-state index is 0.345. The SMILES string of the molecule is CCNC1CC(c2ccc(OC)cc2OC)C1(CC)CC. The van der Waals surface area contributed by atoms with Crippen molar-refractivity contribution in [2.24, 2.45) is 5.41 Å². The van der Waals surface area contributed by atoms with E-state index in [1.807, 2.05) is 6.07 Å². The monoisotopic (exact) mass is 291 g/mol. The van der Waals surface area contributed by atoms with E-state index in [1.54, 1.807) is 14.2 Å². The van der Waals surface area contributed by atoms with Crippen LogP contribution in [0.15, 0.2) is 18.2 Å². The predicted molar refractivity (Wildman–Crippen MR) is 87.4 cm³/mol. The fraction of sp³-hybridized carbons (Fsp3) is 0.667. The van der Waals surface area contributed by atoms with Crippen LogP contribution in [0.2, 0.25) is 0 Å². The largest absolute Gasteiger partial charge is 0.497 e. The molecule has 0 amide bonds.